The molecule has 2 aromatic rings. The maximum Gasteiger partial charge on any atom is 0.317 e. The van der Waals surface area contributed by atoms with Gasteiger partial charge in [-0.3, -0.25) is 10.1 Å². The molecule has 138 valence electrons. The van der Waals surface area contributed by atoms with E-state index in [1.54, 1.807) is 12.1 Å². The van der Waals surface area contributed by atoms with Crippen LogP contribution in [0.15, 0.2) is 24.3 Å². The molecule has 5 N–H and O–H groups in total. The van der Waals surface area contributed by atoms with Crippen molar-refractivity contribution in [2.24, 2.45) is 5.73 Å². The minimum Gasteiger partial charge on any atom is -0.351 e. The van der Waals surface area contributed by atoms with E-state index in [0.29, 0.717) is 27.5 Å². The molecule has 3 amide bonds. The van der Waals surface area contributed by atoms with Crippen LogP contribution in [0.4, 0.5) is 14.2 Å². The number of rotatable bonds is 4. The lowest BCUT2D eigenvalue weighted by Crippen LogP contribution is -2.45. The van der Waals surface area contributed by atoms with E-state index in [1.165, 1.54) is 12.1 Å². The number of amides is 3. The number of nitrogens with one attached hydrogen (secondary N) is 3. The maximum absolute atomic E-state index is 13.7. The number of urea groups is 1. The quantitative estimate of drug-likeness (QED) is 0.639. The van der Waals surface area contributed by atoms with Crippen LogP contribution in [0.3, 0.4) is 0 Å². The van der Waals surface area contributed by atoms with Crippen molar-refractivity contribution in [3.63, 3.8) is 0 Å². The van der Waals surface area contributed by atoms with Crippen LogP contribution in [0.1, 0.15) is 23.2 Å². The van der Waals surface area contributed by atoms with Crippen molar-refractivity contribution in [2.75, 3.05) is 18.4 Å². The average molecular weight is 397 g/mol. The second kappa shape index (κ2) is 8.03. The molecule has 0 radical (unpaired) electrons. The van der Waals surface area contributed by atoms with Crippen LogP contribution in [0, 0.1) is 5.82 Å². The average Bonchev–Trinajstić information content (AvgIpc) is 3.01. The van der Waals surface area contributed by atoms with Gasteiger partial charge in [0.05, 0.1) is 10.6 Å². The van der Waals surface area contributed by atoms with E-state index in [9.17, 15) is 14.0 Å². The van der Waals surface area contributed by atoms with Gasteiger partial charge in [-0.1, -0.05) is 17.7 Å². The summed E-state index contributed by atoms with van der Waals surface area (Å²) in [5, 5.41) is 8.99. The van der Waals surface area contributed by atoms with Gasteiger partial charge in [-0.15, -0.1) is 11.3 Å². The highest BCUT2D eigenvalue weighted by molar-refractivity contribution is 7.20. The first-order chi connectivity index (χ1) is 12.4. The number of carbonyl (C=O) groups excluding carboxylic acids is 2. The van der Waals surface area contributed by atoms with Crippen LogP contribution in [-0.2, 0) is 0 Å². The number of thiophene rings is 1. The number of hydrogen-bond acceptors (Lipinski definition) is 4. The number of benzene rings is 1. The first-order valence-corrected chi connectivity index (χ1v) is 9.31. The Morgan fingerprint density at radius 2 is 2.15 bits per heavy atom. The van der Waals surface area contributed by atoms with Crippen LogP contribution < -0.4 is 21.7 Å². The molecule has 0 spiro atoms. The molecule has 3 rings (SSSR count). The summed E-state index contributed by atoms with van der Waals surface area (Å²) >= 11 is 6.86. The highest BCUT2D eigenvalue weighted by Gasteiger charge is 2.22. The zero-order valence-corrected chi connectivity index (χ0v) is 15.3. The molecule has 1 aliphatic rings. The SMILES string of the molecule is NC(=O)Nc1sc(-c2ccc(Cl)c(F)c2)cc1C(=O)N[C@H]1CCCNC1. The van der Waals surface area contributed by atoms with Gasteiger partial charge >= 0.3 is 6.03 Å². The molecule has 1 saturated heterocycles. The summed E-state index contributed by atoms with van der Waals surface area (Å²) in [7, 11) is 0. The molecule has 9 heteroatoms. The molecule has 26 heavy (non-hydrogen) atoms. The van der Waals surface area contributed by atoms with Crippen LogP contribution in [0.25, 0.3) is 10.4 Å². The van der Waals surface area contributed by atoms with Crippen LogP contribution in [0.5, 0.6) is 0 Å². The molecule has 1 fully saturated rings. The number of carbonyl (C=O) groups is 2. The third-order valence-corrected chi connectivity index (χ3v) is 5.46. The number of hydrogen-bond donors (Lipinski definition) is 4. The Hall–Kier alpha value is -2.16. The van der Waals surface area contributed by atoms with E-state index >= 15 is 0 Å². The van der Waals surface area contributed by atoms with Gasteiger partial charge in [0, 0.05) is 17.5 Å². The van der Waals surface area contributed by atoms with E-state index in [0.717, 1.165) is 30.7 Å². The molecule has 0 aliphatic carbocycles. The summed E-state index contributed by atoms with van der Waals surface area (Å²) in [5.41, 5.74) is 6.06. The molecule has 0 unspecified atom stereocenters. The zero-order chi connectivity index (χ0) is 18.7. The molecular weight excluding hydrogens is 379 g/mol. The summed E-state index contributed by atoms with van der Waals surface area (Å²) in [6, 6.07) is 5.25. The maximum atomic E-state index is 13.7. The van der Waals surface area contributed by atoms with Crippen LogP contribution in [0.2, 0.25) is 5.02 Å². The van der Waals surface area contributed by atoms with Crippen molar-refractivity contribution < 1.29 is 14.0 Å². The molecular formula is C17H18ClFN4O2S. The Labute approximate surface area is 158 Å². The summed E-state index contributed by atoms with van der Waals surface area (Å²) in [4.78, 5) is 24.6. The van der Waals surface area contributed by atoms with Crippen molar-refractivity contribution in [2.45, 2.75) is 18.9 Å². The number of nitrogens with two attached hydrogens (primary N) is 1. The molecule has 1 atom stereocenters. The fraction of sp³-hybridized carbons (Fsp3) is 0.294. The number of halogens is 2. The van der Waals surface area contributed by atoms with E-state index in [4.69, 9.17) is 17.3 Å². The van der Waals surface area contributed by atoms with Crippen molar-refractivity contribution in [1.82, 2.24) is 10.6 Å². The first kappa shape index (κ1) is 18.6. The van der Waals surface area contributed by atoms with E-state index in [2.05, 4.69) is 16.0 Å². The Kier molecular flexibility index (Phi) is 5.75. The van der Waals surface area contributed by atoms with Crippen LogP contribution >= 0.6 is 22.9 Å². The largest absolute Gasteiger partial charge is 0.351 e. The second-order valence-electron chi connectivity index (χ2n) is 5.99. The predicted molar refractivity (Wildman–Crippen MR) is 101 cm³/mol. The number of anilines is 1. The minimum absolute atomic E-state index is 0.0172. The third-order valence-electron chi connectivity index (χ3n) is 4.05. The standard InChI is InChI=1S/C17H18ClFN4O2S/c18-12-4-3-9(6-13(12)19)14-7-11(16(26-14)23-17(20)25)15(24)22-10-2-1-5-21-8-10/h3-4,6-7,10,21H,1-2,5,8H2,(H,22,24)(H3,20,23,25)/t10-/m0/s1. The molecule has 0 saturated carbocycles. The van der Waals surface area contributed by atoms with Crippen molar-refractivity contribution in [3.8, 4) is 10.4 Å². The minimum atomic E-state index is -0.769. The molecule has 1 aromatic heterocycles. The summed E-state index contributed by atoms with van der Waals surface area (Å²) < 4.78 is 13.7. The first-order valence-electron chi connectivity index (χ1n) is 8.11. The highest BCUT2D eigenvalue weighted by atomic mass is 35.5. The zero-order valence-electron chi connectivity index (χ0n) is 13.8. The molecule has 6 nitrogen and oxygen atoms in total. The van der Waals surface area contributed by atoms with Gasteiger partial charge in [0.15, 0.2) is 0 Å². The lowest BCUT2D eigenvalue weighted by atomic mass is 10.1. The Morgan fingerprint density at radius 1 is 1.35 bits per heavy atom. The lowest BCUT2D eigenvalue weighted by molar-refractivity contribution is 0.0932. The monoisotopic (exact) mass is 396 g/mol. The third kappa shape index (κ3) is 4.32. The Balaban J connectivity index is 1.89. The van der Waals surface area contributed by atoms with Gasteiger partial charge in [-0.25, -0.2) is 9.18 Å². The molecule has 1 aromatic carbocycles. The molecule has 0 bridgehead atoms. The Bertz CT molecular complexity index is 836. The normalized spacial score (nSPS) is 16.9. The molecule has 1 aliphatic heterocycles. The van der Waals surface area contributed by atoms with E-state index in [1.807, 2.05) is 0 Å². The lowest BCUT2D eigenvalue weighted by Gasteiger charge is -2.23. The van der Waals surface area contributed by atoms with Gasteiger partial charge in [-0.05, 0) is 43.1 Å². The van der Waals surface area contributed by atoms with Gasteiger partial charge in [-0.2, -0.15) is 0 Å². The van der Waals surface area contributed by atoms with E-state index in [-0.39, 0.29) is 17.0 Å². The van der Waals surface area contributed by atoms with Gasteiger partial charge in [0.25, 0.3) is 5.91 Å². The molecule has 2 heterocycles. The topological polar surface area (TPSA) is 96.2 Å². The Morgan fingerprint density at radius 3 is 2.81 bits per heavy atom. The second-order valence-corrected chi connectivity index (χ2v) is 7.45. The van der Waals surface area contributed by atoms with Crippen molar-refractivity contribution in [3.05, 3.63) is 40.7 Å². The summed E-state index contributed by atoms with van der Waals surface area (Å²) in [5.74, 6) is -0.861. The number of piperidine rings is 1. The van der Waals surface area contributed by atoms with Gasteiger partial charge in [0.1, 0.15) is 10.8 Å². The van der Waals surface area contributed by atoms with Gasteiger partial charge < -0.3 is 16.4 Å². The smallest absolute Gasteiger partial charge is 0.317 e. The van der Waals surface area contributed by atoms with Crippen molar-refractivity contribution >= 4 is 39.9 Å². The van der Waals surface area contributed by atoms with Crippen LogP contribution in [-0.4, -0.2) is 31.1 Å². The van der Waals surface area contributed by atoms with Crippen molar-refractivity contribution in [1.29, 1.82) is 0 Å². The van der Waals surface area contributed by atoms with Gasteiger partial charge in [0.2, 0.25) is 0 Å². The van der Waals surface area contributed by atoms with E-state index < -0.39 is 11.8 Å². The summed E-state index contributed by atoms with van der Waals surface area (Å²) in [6.45, 7) is 1.63. The predicted octanol–water partition coefficient (Wildman–Crippen LogP) is 3.18. The number of primary amides is 1. The summed E-state index contributed by atoms with van der Waals surface area (Å²) in [6.07, 6.45) is 1.87. The fourth-order valence-electron chi connectivity index (χ4n) is 2.79. The highest BCUT2D eigenvalue weighted by Crippen LogP contribution is 2.36. The fourth-order valence-corrected chi connectivity index (χ4v) is 3.97.